The highest BCUT2D eigenvalue weighted by Crippen LogP contribution is 2.77. The zero-order chi connectivity index (χ0) is 31.3. The molecule has 0 saturated heterocycles. The minimum Gasteiger partial charge on any atom is -0.481 e. The van der Waals surface area contributed by atoms with Gasteiger partial charge >= 0.3 is 5.97 Å². The number of hydrogen-bond donors (Lipinski definition) is 2. The number of nitro groups is 1. The van der Waals surface area contributed by atoms with Crippen LogP contribution >= 0.6 is 0 Å². The van der Waals surface area contributed by atoms with Gasteiger partial charge in [0.15, 0.2) is 0 Å². The lowest BCUT2D eigenvalue weighted by molar-refractivity contribution is -0.384. The van der Waals surface area contributed by atoms with E-state index in [2.05, 4.69) is 48.1 Å². The van der Waals surface area contributed by atoms with Gasteiger partial charge in [0.2, 0.25) is 0 Å². The van der Waals surface area contributed by atoms with Crippen molar-refractivity contribution in [3.63, 3.8) is 0 Å². The number of aliphatic hydroxyl groups excluding tert-OH is 1. The van der Waals surface area contributed by atoms with Gasteiger partial charge in [-0.3, -0.25) is 14.9 Å². The van der Waals surface area contributed by atoms with E-state index in [0.29, 0.717) is 17.8 Å². The van der Waals surface area contributed by atoms with Crippen molar-refractivity contribution in [3.8, 4) is 0 Å². The summed E-state index contributed by atoms with van der Waals surface area (Å²) in [5, 5.41) is 33.9. The van der Waals surface area contributed by atoms with E-state index >= 15 is 0 Å². The van der Waals surface area contributed by atoms with E-state index in [4.69, 9.17) is 0 Å². The molecule has 0 radical (unpaired) electrons. The number of carboxylic acid groups (broad SMARTS) is 1. The largest absolute Gasteiger partial charge is 0.481 e. The lowest BCUT2D eigenvalue weighted by Gasteiger charge is -2.72. The molecule has 6 rings (SSSR count). The second kappa shape index (κ2) is 9.76. The molecule has 0 heterocycles. The minimum atomic E-state index is -0.622. The molecule has 6 nitrogen and oxygen atoms in total. The molecule has 0 aliphatic heterocycles. The topological polar surface area (TPSA) is 101 Å². The predicted octanol–water partition coefficient (Wildman–Crippen LogP) is 8.69. The Balaban J connectivity index is 1.41. The number of nitro benzene ring substituents is 1. The third-order valence-electron chi connectivity index (χ3n) is 14.7. The molecule has 10 atom stereocenters. The van der Waals surface area contributed by atoms with Crippen molar-refractivity contribution in [2.24, 2.45) is 56.7 Å². The van der Waals surface area contributed by atoms with E-state index in [-0.39, 0.29) is 44.1 Å². The van der Waals surface area contributed by atoms with Gasteiger partial charge in [-0.15, -0.1) is 0 Å². The first-order valence-corrected chi connectivity index (χ1v) is 16.5. The summed E-state index contributed by atoms with van der Waals surface area (Å²) in [6.45, 7) is 18.4. The van der Waals surface area contributed by atoms with Gasteiger partial charge < -0.3 is 10.2 Å². The van der Waals surface area contributed by atoms with Gasteiger partial charge in [0.1, 0.15) is 0 Å². The number of benzene rings is 1. The fraction of sp³-hybridized carbons (Fsp3) is 0.703. The summed E-state index contributed by atoms with van der Waals surface area (Å²) in [5.41, 5.74) is 2.06. The SMILES string of the molecule is C=C(C)[C@@H]1CC[C@]2(C(=O)O)CC[C@]3(C)[C@H](CC[C@@H]4[C@@]5(C)C/C(=C\c6cccc([N+](=O)[O-])c6)[C@H](O)C(C)(C)[C@@H]5CC[C@]43C)[C@@H]12. The molecule has 0 amide bonds. The molecule has 5 aliphatic carbocycles. The van der Waals surface area contributed by atoms with Crippen LogP contribution in [0.25, 0.3) is 6.08 Å². The van der Waals surface area contributed by atoms with Crippen molar-refractivity contribution in [2.75, 3.05) is 0 Å². The van der Waals surface area contributed by atoms with E-state index in [1.165, 1.54) is 6.07 Å². The zero-order valence-corrected chi connectivity index (χ0v) is 27.0. The van der Waals surface area contributed by atoms with Crippen LogP contribution in [0.1, 0.15) is 105 Å². The number of aliphatic carboxylic acids is 1. The lowest BCUT2D eigenvalue weighted by atomic mass is 9.32. The van der Waals surface area contributed by atoms with Crippen LogP contribution < -0.4 is 0 Å². The normalized spacial score (nSPS) is 45.8. The van der Waals surface area contributed by atoms with Crippen LogP contribution in [0, 0.1) is 66.8 Å². The fourth-order valence-corrected chi connectivity index (χ4v) is 12.6. The van der Waals surface area contributed by atoms with Crippen molar-refractivity contribution in [1.29, 1.82) is 0 Å². The Morgan fingerprint density at radius 3 is 2.37 bits per heavy atom. The molecule has 6 heteroatoms. The molecular weight excluding hydrogens is 538 g/mol. The van der Waals surface area contributed by atoms with Crippen LogP contribution in [0.4, 0.5) is 5.69 Å². The molecular formula is C37H51NO5. The van der Waals surface area contributed by atoms with Crippen LogP contribution in [-0.2, 0) is 4.79 Å². The molecule has 234 valence electrons. The molecule has 0 aromatic heterocycles. The number of aliphatic hydroxyl groups is 1. The van der Waals surface area contributed by atoms with Gasteiger partial charge in [0.25, 0.3) is 5.69 Å². The van der Waals surface area contributed by atoms with Gasteiger partial charge in [0.05, 0.1) is 16.4 Å². The van der Waals surface area contributed by atoms with Crippen molar-refractivity contribution in [3.05, 3.63) is 57.7 Å². The molecule has 5 fully saturated rings. The third kappa shape index (κ3) is 4.03. The molecule has 0 bridgehead atoms. The van der Waals surface area contributed by atoms with Crippen molar-refractivity contribution in [2.45, 2.75) is 105 Å². The van der Waals surface area contributed by atoms with Crippen LogP contribution in [-0.4, -0.2) is 27.2 Å². The summed E-state index contributed by atoms with van der Waals surface area (Å²) in [5.74, 6) is 1.00. The first-order chi connectivity index (χ1) is 20.0. The maximum absolute atomic E-state index is 13.0. The van der Waals surface area contributed by atoms with Gasteiger partial charge in [-0.25, -0.2) is 0 Å². The predicted molar refractivity (Wildman–Crippen MR) is 169 cm³/mol. The number of hydrogen-bond acceptors (Lipinski definition) is 4. The monoisotopic (exact) mass is 589 g/mol. The van der Waals surface area contributed by atoms with E-state index in [0.717, 1.165) is 74.5 Å². The highest BCUT2D eigenvalue weighted by Gasteiger charge is 2.72. The van der Waals surface area contributed by atoms with Gasteiger partial charge in [-0.1, -0.05) is 65.0 Å². The Hall–Kier alpha value is -2.47. The Kier molecular flexibility index (Phi) is 6.94. The van der Waals surface area contributed by atoms with Crippen molar-refractivity contribution in [1.82, 2.24) is 0 Å². The van der Waals surface area contributed by atoms with Crippen LogP contribution in [0.3, 0.4) is 0 Å². The average Bonchev–Trinajstić information content (AvgIpc) is 3.34. The Morgan fingerprint density at radius 1 is 1.00 bits per heavy atom. The number of allylic oxidation sites excluding steroid dienone is 1. The smallest absolute Gasteiger partial charge is 0.309 e. The number of nitrogens with zero attached hydrogens (tertiary/aromatic N) is 1. The second-order valence-electron chi connectivity index (χ2n) is 16.6. The molecule has 2 N–H and O–H groups in total. The Bertz CT molecular complexity index is 1400. The van der Waals surface area contributed by atoms with Gasteiger partial charge in [-0.05, 0) is 127 Å². The minimum absolute atomic E-state index is 0.0374. The van der Waals surface area contributed by atoms with E-state index in [9.17, 15) is 25.1 Å². The molecule has 43 heavy (non-hydrogen) atoms. The molecule has 1 aromatic carbocycles. The average molecular weight is 590 g/mol. The molecule has 5 aliphatic rings. The number of fused-ring (bicyclic) bond motifs is 7. The number of carbonyl (C=O) groups is 1. The molecule has 0 unspecified atom stereocenters. The van der Waals surface area contributed by atoms with E-state index in [1.54, 1.807) is 12.1 Å². The summed E-state index contributed by atoms with van der Waals surface area (Å²) in [4.78, 5) is 24.1. The highest BCUT2D eigenvalue weighted by molar-refractivity contribution is 5.76. The van der Waals surface area contributed by atoms with Gasteiger partial charge in [-0.2, -0.15) is 0 Å². The first kappa shape index (κ1) is 30.6. The molecule has 1 aromatic rings. The summed E-state index contributed by atoms with van der Waals surface area (Å²) < 4.78 is 0. The standard InChI is InChI=1S/C37H51NO5/c1-22(2)26-13-16-37(32(40)41)18-17-35(6)27(30(26)37)11-12-29-34(5)21-24(19-23-9-8-10-25(20-23)38(42)43)31(39)33(3,4)28(34)14-15-36(29,35)7/h8-10,19-20,26-31,39H,1,11-18,21H2,2-7H3,(H,40,41)/b24-19+/t26-,27+,28-,29+,30+,31-,34-,35+,36+,37-/m0/s1. The summed E-state index contributed by atoms with van der Waals surface area (Å²) in [7, 11) is 0. The Morgan fingerprint density at radius 2 is 1.72 bits per heavy atom. The summed E-state index contributed by atoms with van der Waals surface area (Å²) in [6.07, 6.45) is 9.90. The quantitative estimate of drug-likeness (QED) is 0.208. The zero-order valence-electron chi connectivity index (χ0n) is 27.0. The second-order valence-corrected chi connectivity index (χ2v) is 16.6. The molecule has 5 saturated carbocycles. The Labute approximate surface area is 257 Å². The number of rotatable bonds is 4. The molecule has 0 spiro atoms. The highest BCUT2D eigenvalue weighted by atomic mass is 16.6. The van der Waals surface area contributed by atoms with E-state index in [1.807, 2.05) is 12.1 Å². The maximum atomic E-state index is 13.0. The summed E-state index contributed by atoms with van der Waals surface area (Å²) in [6, 6.07) is 6.73. The van der Waals surface area contributed by atoms with E-state index < -0.39 is 17.5 Å². The van der Waals surface area contributed by atoms with Crippen molar-refractivity contribution >= 4 is 17.7 Å². The third-order valence-corrected chi connectivity index (χ3v) is 14.7. The first-order valence-electron chi connectivity index (χ1n) is 16.5. The fourth-order valence-electron chi connectivity index (χ4n) is 12.6. The number of non-ortho nitro benzene ring substituents is 1. The maximum Gasteiger partial charge on any atom is 0.309 e. The summed E-state index contributed by atoms with van der Waals surface area (Å²) >= 11 is 0. The number of carboxylic acids is 1. The van der Waals surface area contributed by atoms with Crippen LogP contribution in [0.5, 0.6) is 0 Å². The lowest BCUT2D eigenvalue weighted by Crippen LogP contribution is -2.67. The van der Waals surface area contributed by atoms with Crippen molar-refractivity contribution < 1.29 is 19.9 Å². The van der Waals surface area contributed by atoms with Gasteiger partial charge in [0, 0.05) is 12.1 Å². The van der Waals surface area contributed by atoms with Crippen LogP contribution in [0.2, 0.25) is 0 Å². The van der Waals surface area contributed by atoms with Crippen LogP contribution in [0.15, 0.2) is 42.0 Å².